The second kappa shape index (κ2) is 9.24. The SMILES string of the molecule is N#Cc1c(-c2ccc3oc4ccccc4c3c2)cc(-c2cccc3oc4ccccc4c23)c(C#N)c1-c1ccccc1. The van der Waals surface area contributed by atoms with Crippen LogP contribution in [0.25, 0.3) is 77.3 Å². The summed E-state index contributed by atoms with van der Waals surface area (Å²) in [6.45, 7) is 0. The fourth-order valence-electron chi connectivity index (χ4n) is 6.14. The number of nitriles is 2. The number of fused-ring (bicyclic) bond motifs is 6. The van der Waals surface area contributed by atoms with E-state index in [4.69, 9.17) is 8.83 Å². The Hall–Kier alpha value is -6.10. The lowest BCUT2D eigenvalue weighted by Gasteiger charge is -2.17. The Kier molecular flexibility index (Phi) is 5.22. The van der Waals surface area contributed by atoms with E-state index in [-0.39, 0.29) is 0 Å². The summed E-state index contributed by atoms with van der Waals surface area (Å²) in [5, 5.41) is 25.2. The van der Waals surface area contributed by atoms with Gasteiger partial charge >= 0.3 is 0 Å². The van der Waals surface area contributed by atoms with E-state index in [1.165, 1.54) is 0 Å². The van der Waals surface area contributed by atoms with E-state index in [1.54, 1.807) is 0 Å². The Balaban J connectivity index is 1.51. The molecule has 0 N–H and O–H groups in total. The predicted octanol–water partition coefficient (Wildman–Crippen LogP) is 10.2. The Morgan fingerprint density at radius 2 is 1.05 bits per heavy atom. The van der Waals surface area contributed by atoms with Crippen molar-refractivity contribution in [3.63, 3.8) is 0 Å². The molecule has 0 amide bonds. The highest BCUT2D eigenvalue weighted by Crippen LogP contribution is 2.45. The molecule has 0 saturated carbocycles. The zero-order valence-corrected chi connectivity index (χ0v) is 22.3. The van der Waals surface area contributed by atoms with Gasteiger partial charge in [0.2, 0.25) is 0 Å². The first-order chi connectivity index (χ1) is 20.7. The van der Waals surface area contributed by atoms with Crippen LogP contribution in [0.1, 0.15) is 11.1 Å². The van der Waals surface area contributed by atoms with Gasteiger partial charge in [-0.3, -0.25) is 0 Å². The third kappa shape index (κ3) is 3.47. The molecule has 0 saturated heterocycles. The molecule has 2 aromatic heterocycles. The molecule has 2 heterocycles. The van der Waals surface area contributed by atoms with Crippen molar-refractivity contribution >= 4 is 43.9 Å². The van der Waals surface area contributed by atoms with Gasteiger partial charge < -0.3 is 8.83 Å². The molecule has 0 fully saturated rings. The third-order valence-corrected chi connectivity index (χ3v) is 7.99. The lowest BCUT2D eigenvalue weighted by Crippen LogP contribution is -1.98. The summed E-state index contributed by atoms with van der Waals surface area (Å²) in [7, 11) is 0. The number of para-hydroxylation sites is 2. The summed E-state index contributed by atoms with van der Waals surface area (Å²) < 4.78 is 12.3. The Morgan fingerprint density at radius 3 is 1.83 bits per heavy atom. The molecule has 0 unspecified atom stereocenters. The standard InChI is InChI=1S/C38H20N2O2/c39-21-31-28(24-17-18-35-30(19-24)25-11-4-6-14-33(25)41-35)20-29(32(22-40)37(31)23-9-2-1-3-10-23)26-13-8-16-36-38(26)27-12-5-7-15-34(27)42-36/h1-20H. The first-order valence-electron chi connectivity index (χ1n) is 13.6. The normalized spacial score (nSPS) is 11.3. The third-order valence-electron chi connectivity index (χ3n) is 7.99. The second-order valence-electron chi connectivity index (χ2n) is 10.3. The lowest BCUT2D eigenvalue weighted by atomic mass is 9.83. The summed E-state index contributed by atoms with van der Waals surface area (Å²) in [6, 6.07) is 44.4. The van der Waals surface area contributed by atoms with Crippen LogP contribution in [0, 0.1) is 22.7 Å². The van der Waals surface area contributed by atoms with E-state index in [0.717, 1.165) is 71.7 Å². The van der Waals surface area contributed by atoms with Gasteiger partial charge in [0.15, 0.2) is 0 Å². The van der Waals surface area contributed by atoms with Gasteiger partial charge in [-0.2, -0.15) is 10.5 Å². The summed E-state index contributed by atoms with van der Waals surface area (Å²) in [6.07, 6.45) is 0. The number of nitrogens with zero attached hydrogens (tertiary/aromatic N) is 2. The summed E-state index contributed by atoms with van der Waals surface area (Å²) >= 11 is 0. The molecule has 0 spiro atoms. The summed E-state index contributed by atoms with van der Waals surface area (Å²) in [5.74, 6) is 0. The largest absolute Gasteiger partial charge is 0.456 e. The molecule has 194 valence electrons. The van der Waals surface area contributed by atoms with Crippen LogP contribution in [0.4, 0.5) is 0 Å². The number of furan rings is 2. The van der Waals surface area contributed by atoms with Crippen molar-refractivity contribution in [2.45, 2.75) is 0 Å². The highest BCUT2D eigenvalue weighted by molar-refractivity contribution is 6.14. The van der Waals surface area contributed by atoms with Gasteiger partial charge in [0.1, 0.15) is 34.5 Å². The number of benzene rings is 6. The Labute approximate surface area is 240 Å². The average Bonchev–Trinajstić information content (AvgIpc) is 3.62. The quantitative estimate of drug-likeness (QED) is 0.225. The van der Waals surface area contributed by atoms with Crippen LogP contribution in [0.3, 0.4) is 0 Å². The maximum Gasteiger partial charge on any atom is 0.136 e. The van der Waals surface area contributed by atoms with Crippen LogP contribution < -0.4 is 0 Å². The van der Waals surface area contributed by atoms with Crippen molar-refractivity contribution < 1.29 is 8.83 Å². The minimum Gasteiger partial charge on any atom is -0.456 e. The van der Waals surface area contributed by atoms with Crippen molar-refractivity contribution in [3.8, 4) is 45.5 Å². The zero-order valence-electron chi connectivity index (χ0n) is 22.3. The predicted molar refractivity (Wildman–Crippen MR) is 167 cm³/mol. The molecule has 0 aliphatic heterocycles. The van der Waals surface area contributed by atoms with E-state index in [2.05, 4.69) is 18.2 Å². The molecule has 4 nitrogen and oxygen atoms in total. The van der Waals surface area contributed by atoms with E-state index in [1.807, 2.05) is 115 Å². The van der Waals surface area contributed by atoms with Crippen LogP contribution in [0.15, 0.2) is 130 Å². The first kappa shape index (κ1) is 23.8. The smallest absolute Gasteiger partial charge is 0.136 e. The number of hydrogen-bond acceptors (Lipinski definition) is 4. The van der Waals surface area contributed by atoms with Crippen LogP contribution >= 0.6 is 0 Å². The van der Waals surface area contributed by atoms with E-state index < -0.39 is 0 Å². The maximum absolute atomic E-state index is 10.7. The first-order valence-corrected chi connectivity index (χ1v) is 13.6. The molecule has 6 aromatic carbocycles. The Bertz CT molecular complexity index is 2430. The molecule has 0 atom stereocenters. The van der Waals surface area contributed by atoms with E-state index in [0.29, 0.717) is 16.7 Å². The zero-order chi connectivity index (χ0) is 28.2. The summed E-state index contributed by atoms with van der Waals surface area (Å²) in [4.78, 5) is 0. The number of rotatable bonds is 3. The summed E-state index contributed by atoms with van der Waals surface area (Å²) in [5.41, 5.74) is 8.73. The molecule has 8 aromatic rings. The van der Waals surface area contributed by atoms with Gasteiger partial charge in [0.05, 0.1) is 11.1 Å². The monoisotopic (exact) mass is 536 g/mol. The molecule has 8 rings (SSSR count). The highest BCUT2D eigenvalue weighted by atomic mass is 16.3. The van der Waals surface area contributed by atoms with Crippen molar-refractivity contribution in [2.75, 3.05) is 0 Å². The van der Waals surface area contributed by atoms with Gasteiger partial charge in [-0.15, -0.1) is 0 Å². The average molecular weight is 537 g/mol. The van der Waals surface area contributed by atoms with E-state index in [9.17, 15) is 10.5 Å². The van der Waals surface area contributed by atoms with Gasteiger partial charge in [-0.05, 0) is 53.1 Å². The van der Waals surface area contributed by atoms with Crippen molar-refractivity contribution in [1.82, 2.24) is 0 Å². The molecular weight excluding hydrogens is 516 g/mol. The van der Waals surface area contributed by atoms with Crippen LogP contribution in [-0.2, 0) is 0 Å². The van der Waals surface area contributed by atoms with Crippen molar-refractivity contribution in [1.29, 1.82) is 10.5 Å². The molecule has 4 heteroatoms. The molecule has 0 bridgehead atoms. The van der Waals surface area contributed by atoms with Crippen LogP contribution in [-0.4, -0.2) is 0 Å². The maximum atomic E-state index is 10.7. The number of hydrogen-bond donors (Lipinski definition) is 0. The lowest BCUT2D eigenvalue weighted by molar-refractivity contribution is 0.668. The van der Waals surface area contributed by atoms with E-state index >= 15 is 0 Å². The minimum absolute atomic E-state index is 0.453. The fourth-order valence-corrected chi connectivity index (χ4v) is 6.14. The van der Waals surface area contributed by atoms with Crippen molar-refractivity contribution in [2.24, 2.45) is 0 Å². The second-order valence-corrected chi connectivity index (χ2v) is 10.3. The van der Waals surface area contributed by atoms with Gasteiger partial charge in [0.25, 0.3) is 0 Å². The van der Waals surface area contributed by atoms with Crippen LogP contribution in [0.5, 0.6) is 0 Å². The van der Waals surface area contributed by atoms with Crippen molar-refractivity contribution in [3.05, 3.63) is 132 Å². The van der Waals surface area contributed by atoms with Crippen LogP contribution in [0.2, 0.25) is 0 Å². The topological polar surface area (TPSA) is 73.9 Å². The molecule has 0 radical (unpaired) electrons. The highest BCUT2D eigenvalue weighted by Gasteiger charge is 2.24. The Morgan fingerprint density at radius 1 is 0.429 bits per heavy atom. The van der Waals surface area contributed by atoms with Gasteiger partial charge in [-0.1, -0.05) is 84.9 Å². The minimum atomic E-state index is 0.453. The fraction of sp³-hybridized carbons (Fsp3) is 0. The van der Waals surface area contributed by atoms with Gasteiger partial charge in [-0.25, -0.2) is 0 Å². The molecular formula is C38H20N2O2. The molecule has 0 aliphatic carbocycles. The molecule has 0 aliphatic rings. The molecule has 42 heavy (non-hydrogen) atoms. The van der Waals surface area contributed by atoms with Gasteiger partial charge in [0, 0.05) is 38.2 Å².